The summed E-state index contributed by atoms with van der Waals surface area (Å²) in [7, 11) is 0. The van der Waals surface area contributed by atoms with Crippen molar-refractivity contribution in [2.45, 2.75) is 179 Å². The lowest BCUT2D eigenvalue weighted by Crippen LogP contribution is -2.36. The van der Waals surface area contributed by atoms with E-state index in [9.17, 15) is 0 Å². The van der Waals surface area contributed by atoms with E-state index in [0.717, 1.165) is 39.0 Å². The lowest BCUT2D eigenvalue weighted by atomic mass is 9.67. The quantitative estimate of drug-likeness (QED) is 0.0895. The Labute approximate surface area is 491 Å². The third-order valence-corrected chi connectivity index (χ3v) is 21.2. The van der Waals surface area contributed by atoms with Gasteiger partial charge in [-0.05, 0) is 120 Å². The Morgan fingerprint density at radius 2 is 0.829 bits per heavy atom. The van der Waals surface area contributed by atoms with E-state index in [1.54, 1.807) is 11.1 Å². The molecule has 82 heavy (non-hydrogen) atoms. The summed E-state index contributed by atoms with van der Waals surface area (Å²) in [6.07, 6.45) is 34.6. The maximum absolute atomic E-state index is 2.71. The summed E-state index contributed by atoms with van der Waals surface area (Å²) in [5.41, 5.74) is 19.9. The number of fused-ring (bicyclic) bond motifs is 10. The van der Waals surface area contributed by atoms with Crippen LogP contribution in [0.3, 0.4) is 0 Å². The van der Waals surface area contributed by atoms with Gasteiger partial charge in [-0.2, -0.15) is 9.15 Å². The van der Waals surface area contributed by atoms with Crippen molar-refractivity contribution in [3.63, 3.8) is 0 Å². The zero-order valence-corrected chi connectivity index (χ0v) is 50.3. The van der Waals surface area contributed by atoms with Crippen molar-refractivity contribution in [1.82, 2.24) is 0 Å². The molecule has 2 saturated carbocycles. The molecule has 0 bridgehead atoms. The van der Waals surface area contributed by atoms with Crippen molar-refractivity contribution >= 4 is 55.7 Å². The van der Waals surface area contributed by atoms with Crippen LogP contribution in [-0.2, 0) is 34.7 Å². The molecule has 418 valence electrons. The zero-order valence-electron chi connectivity index (χ0n) is 50.3. The smallest absolute Gasteiger partial charge is 0.209 e. The number of benzene rings is 7. The minimum Gasteiger partial charge on any atom is -0.340 e. The Hall–Kier alpha value is -7.04. The second-order valence-corrected chi connectivity index (χ2v) is 25.6. The second-order valence-electron chi connectivity index (χ2n) is 25.6. The van der Waals surface area contributed by atoms with Gasteiger partial charge < -0.3 is 9.80 Å². The molecule has 2 atom stereocenters. The molecule has 0 aromatic heterocycles. The molecule has 0 radical (unpaired) electrons. The monoisotopic (exact) mass is 1080 g/mol. The summed E-state index contributed by atoms with van der Waals surface area (Å²) in [6.45, 7) is 18.2. The number of hydrogen-bond acceptors (Lipinski definition) is 2. The third-order valence-electron chi connectivity index (χ3n) is 21.2. The standard InChI is InChI=1S/C78H88N4/c1-7-11-53-79-65-35-21-19-33-63(65)77(49-23-13-24-50-77)71(79)39-27-37-69-75(5,9-3)73-61-31-17-15-29-59(61)45-47-67(73)81(69)55-57-41-43-58(44-42-57)56-82-68-48-46-60-30-16-18-32-62(60)74(68)76(6,10-4)70(82)38-28-40-72-78(51-25-14-26-52-78)64-34-20-22-36-66(64)80(72)54-12-8-2/h15-22,27-48H,7-14,23-26,49-56H2,1-6H3/q+2. The molecule has 6 aliphatic rings. The van der Waals surface area contributed by atoms with Crippen LogP contribution in [0.2, 0.25) is 0 Å². The van der Waals surface area contributed by atoms with Gasteiger partial charge in [-0.3, -0.25) is 0 Å². The van der Waals surface area contributed by atoms with E-state index in [0.29, 0.717) is 0 Å². The summed E-state index contributed by atoms with van der Waals surface area (Å²) in [4.78, 5) is 5.35. The molecule has 2 fully saturated rings. The molecule has 2 unspecified atom stereocenters. The molecule has 2 aliphatic carbocycles. The van der Waals surface area contributed by atoms with E-state index in [1.807, 2.05) is 0 Å². The molecule has 4 heterocycles. The minimum atomic E-state index is -0.171. The molecule has 0 N–H and O–H groups in total. The Morgan fingerprint density at radius 1 is 0.439 bits per heavy atom. The average molecular weight is 1080 g/mol. The molecular formula is C78H88N4+2. The number of hydrogen-bond donors (Lipinski definition) is 0. The lowest BCUT2D eigenvalue weighted by molar-refractivity contribution is -0.438. The van der Waals surface area contributed by atoms with Crippen molar-refractivity contribution in [2.75, 3.05) is 22.9 Å². The highest BCUT2D eigenvalue weighted by Gasteiger charge is 2.53. The van der Waals surface area contributed by atoms with Gasteiger partial charge in [0.2, 0.25) is 11.4 Å². The number of nitrogens with zero attached hydrogens (tertiary/aromatic N) is 4. The van der Waals surface area contributed by atoms with E-state index >= 15 is 0 Å². The van der Waals surface area contributed by atoms with Gasteiger partial charge in [0.1, 0.15) is 13.1 Å². The predicted molar refractivity (Wildman–Crippen MR) is 348 cm³/mol. The molecule has 13 rings (SSSR count). The first-order valence-electron chi connectivity index (χ1n) is 32.2. The minimum absolute atomic E-state index is 0.0882. The Kier molecular flexibility index (Phi) is 14.7. The average Bonchev–Trinajstić information content (AvgIpc) is 2.41. The fourth-order valence-corrected chi connectivity index (χ4v) is 16.7. The van der Waals surface area contributed by atoms with Gasteiger partial charge in [0, 0.05) is 94.9 Å². The molecule has 4 heteroatoms. The third kappa shape index (κ3) is 8.82. The van der Waals surface area contributed by atoms with E-state index in [4.69, 9.17) is 0 Å². The molecular weight excluding hydrogens is 993 g/mol. The first kappa shape index (κ1) is 54.2. The maximum Gasteiger partial charge on any atom is 0.209 e. The summed E-state index contributed by atoms with van der Waals surface area (Å²) < 4.78 is 5.41. The van der Waals surface area contributed by atoms with Crippen LogP contribution >= 0.6 is 0 Å². The van der Waals surface area contributed by atoms with Gasteiger partial charge in [0.25, 0.3) is 0 Å². The Morgan fingerprint density at radius 3 is 1.23 bits per heavy atom. The van der Waals surface area contributed by atoms with Gasteiger partial charge in [-0.25, -0.2) is 0 Å². The van der Waals surface area contributed by atoms with Crippen molar-refractivity contribution in [1.29, 1.82) is 0 Å². The van der Waals surface area contributed by atoms with Gasteiger partial charge in [0.05, 0.1) is 10.8 Å². The number of unbranched alkanes of at least 4 members (excludes halogenated alkanes) is 2. The molecule has 7 aromatic carbocycles. The molecule has 7 aromatic rings. The normalized spacial score (nSPS) is 22.6. The number of para-hydroxylation sites is 2. The fourth-order valence-electron chi connectivity index (χ4n) is 16.7. The van der Waals surface area contributed by atoms with E-state index in [1.165, 1.54) is 179 Å². The highest BCUT2D eigenvalue weighted by molar-refractivity contribution is 6.05. The van der Waals surface area contributed by atoms with Crippen LogP contribution in [0.25, 0.3) is 21.5 Å². The van der Waals surface area contributed by atoms with Gasteiger partial charge in [-0.15, -0.1) is 0 Å². The van der Waals surface area contributed by atoms with Crippen LogP contribution in [0.4, 0.5) is 22.7 Å². The van der Waals surface area contributed by atoms with Crippen molar-refractivity contribution < 1.29 is 9.15 Å². The second kappa shape index (κ2) is 22.3. The Balaban J connectivity index is 0.864. The number of anilines is 2. The summed E-state index contributed by atoms with van der Waals surface area (Å²) in [5, 5.41) is 5.37. The topological polar surface area (TPSA) is 12.5 Å². The van der Waals surface area contributed by atoms with E-state index in [2.05, 4.69) is 243 Å². The first-order chi connectivity index (χ1) is 40.2. The summed E-state index contributed by atoms with van der Waals surface area (Å²) in [6, 6.07) is 56.2. The van der Waals surface area contributed by atoms with Crippen LogP contribution in [0.15, 0.2) is 193 Å². The molecule has 2 spiro atoms. The van der Waals surface area contributed by atoms with E-state index in [-0.39, 0.29) is 21.7 Å². The molecule has 4 nitrogen and oxygen atoms in total. The molecule has 4 aliphatic heterocycles. The van der Waals surface area contributed by atoms with Crippen LogP contribution in [-0.4, -0.2) is 33.7 Å². The van der Waals surface area contributed by atoms with Gasteiger partial charge in [0.15, 0.2) is 11.4 Å². The van der Waals surface area contributed by atoms with E-state index < -0.39 is 0 Å². The van der Waals surface area contributed by atoms with Crippen LogP contribution < -0.4 is 9.80 Å². The predicted octanol–water partition coefficient (Wildman–Crippen LogP) is 19.9. The lowest BCUT2D eigenvalue weighted by Gasteiger charge is -2.32. The summed E-state index contributed by atoms with van der Waals surface area (Å²) in [5.74, 6) is 0. The van der Waals surface area contributed by atoms with Crippen molar-refractivity contribution in [2.24, 2.45) is 0 Å². The number of rotatable bonds is 16. The first-order valence-corrected chi connectivity index (χ1v) is 32.2. The van der Waals surface area contributed by atoms with Crippen molar-refractivity contribution in [3.8, 4) is 0 Å². The molecule has 0 saturated heterocycles. The largest absolute Gasteiger partial charge is 0.340 e. The van der Waals surface area contributed by atoms with Gasteiger partial charge >= 0.3 is 0 Å². The number of allylic oxidation sites excluding steroid dienone is 8. The SMILES string of the molecule is CCCC[N+]1=C(/C=C/C=C2/N(Cc3ccc(CN4/C(=C/C=C/C5=[N+](CCCC)c6ccccc6C56CCCCC6)C(C)(CC)c5c4ccc4ccccc54)cc3)c3ccc4ccccc4c3C2(C)CC)C2(CCCCC2)c2ccccc21. The molecule has 0 amide bonds. The van der Waals surface area contributed by atoms with Gasteiger partial charge in [-0.1, -0.05) is 213 Å². The van der Waals surface area contributed by atoms with Crippen molar-refractivity contribution in [3.05, 3.63) is 227 Å². The fraction of sp³-hybridized carbons (Fsp3) is 0.385. The van der Waals surface area contributed by atoms with Crippen LogP contribution in [0.5, 0.6) is 0 Å². The Bertz CT molecular complexity index is 3510. The highest BCUT2D eigenvalue weighted by atomic mass is 15.2. The van der Waals surface area contributed by atoms with Crippen LogP contribution in [0.1, 0.15) is 178 Å². The summed E-state index contributed by atoms with van der Waals surface area (Å²) >= 11 is 0. The van der Waals surface area contributed by atoms with Crippen LogP contribution in [0, 0.1) is 0 Å². The highest BCUT2D eigenvalue weighted by Crippen LogP contribution is 2.56. The zero-order chi connectivity index (χ0) is 56.1. The maximum atomic E-state index is 2.71.